The van der Waals surface area contributed by atoms with Crippen LogP contribution in [0, 0.1) is 5.92 Å². The van der Waals surface area contributed by atoms with Gasteiger partial charge in [0.2, 0.25) is 0 Å². The quantitative estimate of drug-likeness (QED) is 0.779. The summed E-state index contributed by atoms with van der Waals surface area (Å²) in [7, 11) is 0. The lowest BCUT2D eigenvalue weighted by Crippen LogP contribution is -2.16. The van der Waals surface area contributed by atoms with E-state index in [0.29, 0.717) is 6.54 Å². The molecule has 0 saturated heterocycles. The molecule has 3 heteroatoms. The summed E-state index contributed by atoms with van der Waals surface area (Å²) < 4.78 is 0. The van der Waals surface area contributed by atoms with Gasteiger partial charge in [-0.15, -0.1) is 0 Å². The molecule has 3 nitrogen and oxygen atoms in total. The Morgan fingerprint density at radius 2 is 1.83 bits per heavy atom. The highest BCUT2D eigenvalue weighted by Crippen LogP contribution is 2.23. The second kappa shape index (κ2) is 7.04. The molecule has 1 aromatic rings. The summed E-state index contributed by atoms with van der Waals surface area (Å²) in [5.74, 6) is -0.596. The number of aryl methyl sites for hydroxylation is 2. The van der Waals surface area contributed by atoms with Gasteiger partial charge >= 0.3 is 5.97 Å². The Kier molecular flexibility index (Phi) is 5.69. The van der Waals surface area contributed by atoms with Crippen molar-refractivity contribution in [3.8, 4) is 0 Å². The van der Waals surface area contributed by atoms with Crippen LogP contribution in [0.4, 0.5) is 5.69 Å². The first-order valence-corrected chi connectivity index (χ1v) is 6.64. The Morgan fingerprint density at radius 3 is 2.28 bits per heavy atom. The molecule has 0 fully saturated rings. The van der Waals surface area contributed by atoms with Crippen molar-refractivity contribution in [3.63, 3.8) is 0 Å². The van der Waals surface area contributed by atoms with E-state index in [1.165, 1.54) is 16.8 Å². The van der Waals surface area contributed by atoms with Gasteiger partial charge < -0.3 is 10.4 Å². The topological polar surface area (TPSA) is 49.3 Å². The smallest absolute Gasteiger partial charge is 0.303 e. The van der Waals surface area contributed by atoms with Crippen molar-refractivity contribution < 1.29 is 9.90 Å². The monoisotopic (exact) mass is 249 g/mol. The first-order valence-electron chi connectivity index (χ1n) is 6.64. The highest BCUT2D eigenvalue weighted by Gasteiger charge is 2.10. The summed E-state index contributed by atoms with van der Waals surface area (Å²) in [6.07, 6.45) is 2.19. The van der Waals surface area contributed by atoms with E-state index in [9.17, 15) is 4.79 Å². The third-order valence-electron chi connectivity index (χ3n) is 3.15. The fourth-order valence-corrected chi connectivity index (χ4v) is 2.12. The summed E-state index contributed by atoms with van der Waals surface area (Å²) in [4.78, 5) is 10.6. The van der Waals surface area contributed by atoms with Gasteiger partial charge in [0.15, 0.2) is 0 Å². The van der Waals surface area contributed by atoms with E-state index in [4.69, 9.17) is 5.11 Å². The van der Waals surface area contributed by atoms with Gasteiger partial charge in [0.25, 0.3) is 0 Å². The zero-order chi connectivity index (χ0) is 13.5. The number of para-hydroxylation sites is 1. The minimum absolute atomic E-state index is 0.136. The molecule has 1 rings (SSSR count). The van der Waals surface area contributed by atoms with Crippen LogP contribution in [-0.4, -0.2) is 17.6 Å². The van der Waals surface area contributed by atoms with E-state index < -0.39 is 5.97 Å². The molecule has 0 spiro atoms. The van der Waals surface area contributed by atoms with Gasteiger partial charge in [0.1, 0.15) is 0 Å². The fourth-order valence-electron chi connectivity index (χ4n) is 2.12. The van der Waals surface area contributed by atoms with Crippen molar-refractivity contribution in [1.29, 1.82) is 0 Å². The maximum atomic E-state index is 10.6. The van der Waals surface area contributed by atoms with Crippen molar-refractivity contribution in [1.82, 2.24) is 0 Å². The molecule has 0 amide bonds. The Hall–Kier alpha value is -1.51. The van der Waals surface area contributed by atoms with Crippen molar-refractivity contribution in [2.45, 2.75) is 40.0 Å². The number of aliphatic carboxylic acids is 1. The largest absolute Gasteiger partial charge is 0.481 e. The number of benzene rings is 1. The molecule has 1 aromatic carbocycles. The Bertz CT molecular complexity index is 379. The Balaban J connectivity index is 2.73. The average molecular weight is 249 g/mol. The standard InChI is InChI=1S/C15H23NO2/c1-4-12-7-6-8-13(5-2)15(12)16-10-11(3)9-14(17)18/h6-8,11,16H,4-5,9-10H2,1-3H3,(H,17,18). The summed E-state index contributed by atoms with van der Waals surface area (Å²) in [6, 6.07) is 6.34. The molecule has 0 radical (unpaired) electrons. The molecule has 0 saturated carbocycles. The number of anilines is 1. The Morgan fingerprint density at radius 1 is 1.28 bits per heavy atom. The zero-order valence-electron chi connectivity index (χ0n) is 11.5. The van der Waals surface area contributed by atoms with Gasteiger partial charge in [-0.2, -0.15) is 0 Å². The third kappa shape index (κ3) is 4.06. The number of carboxylic acid groups (broad SMARTS) is 1. The van der Waals surface area contributed by atoms with Crippen LogP contribution in [0.25, 0.3) is 0 Å². The lowest BCUT2D eigenvalue weighted by atomic mass is 10.0. The highest BCUT2D eigenvalue weighted by atomic mass is 16.4. The second-order valence-electron chi connectivity index (χ2n) is 4.74. The van der Waals surface area contributed by atoms with Crippen LogP contribution < -0.4 is 5.32 Å². The first kappa shape index (κ1) is 14.6. The summed E-state index contributed by atoms with van der Waals surface area (Å²) in [5.41, 5.74) is 3.80. The fraction of sp³-hybridized carbons (Fsp3) is 0.533. The third-order valence-corrected chi connectivity index (χ3v) is 3.15. The molecule has 0 heterocycles. The lowest BCUT2D eigenvalue weighted by Gasteiger charge is -2.17. The number of carboxylic acids is 1. The van der Waals surface area contributed by atoms with E-state index in [1.807, 2.05) is 6.92 Å². The van der Waals surface area contributed by atoms with Crippen molar-refractivity contribution >= 4 is 11.7 Å². The summed E-state index contributed by atoms with van der Waals surface area (Å²) >= 11 is 0. The molecule has 0 aromatic heterocycles. The predicted octanol–water partition coefficient (Wildman–Crippen LogP) is 3.33. The van der Waals surface area contributed by atoms with Crippen LogP contribution in [-0.2, 0) is 17.6 Å². The van der Waals surface area contributed by atoms with Crippen molar-refractivity contribution in [3.05, 3.63) is 29.3 Å². The molecule has 18 heavy (non-hydrogen) atoms. The molecule has 0 aliphatic heterocycles. The van der Waals surface area contributed by atoms with E-state index in [-0.39, 0.29) is 12.3 Å². The minimum atomic E-state index is -0.733. The van der Waals surface area contributed by atoms with Gasteiger partial charge in [0, 0.05) is 18.7 Å². The van der Waals surface area contributed by atoms with Gasteiger partial charge in [0.05, 0.1) is 0 Å². The van der Waals surface area contributed by atoms with Gasteiger partial charge in [-0.25, -0.2) is 0 Å². The van der Waals surface area contributed by atoms with Crippen molar-refractivity contribution in [2.24, 2.45) is 5.92 Å². The van der Waals surface area contributed by atoms with E-state index in [0.717, 1.165) is 12.8 Å². The zero-order valence-corrected chi connectivity index (χ0v) is 11.5. The Labute approximate surface area is 109 Å². The molecule has 1 unspecified atom stereocenters. The van der Waals surface area contributed by atoms with Crippen LogP contribution >= 0.6 is 0 Å². The molecule has 0 aliphatic rings. The average Bonchev–Trinajstić information content (AvgIpc) is 2.34. The summed E-state index contributed by atoms with van der Waals surface area (Å²) in [5, 5.41) is 12.2. The molecular formula is C15H23NO2. The van der Waals surface area contributed by atoms with Gasteiger partial charge in [-0.1, -0.05) is 39.0 Å². The van der Waals surface area contributed by atoms with Crippen LogP contribution in [0.3, 0.4) is 0 Å². The SMILES string of the molecule is CCc1cccc(CC)c1NCC(C)CC(=O)O. The van der Waals surface area contributed by atoms with Crippen LogP contribution in [0.2, 0.25) is 0 Å². The second-order valence-corrected chi connectivity index (χ2v) is 4.74. The van der Waals surface area contributed by atoms with E-state index >= 15 is 0 Å². The first-order chi connectivity index (χ1) is 8.58. The van der Waals surface area contributed by atoms with Gasteiger partial charge in [-0.05, 0) is 29.9 Å². The predicted molar refractivity (Wildman–Crippen MR) is 75.1 cm³/mol. The number of hydrogen-bond donors (Lipinski definition) is 2. The maximum absolute atomic E-state index is 10.6. The normalized spacial score (nSPS) is 12.2. The summed E-state index contributed by atoms with van der Waals surface area (Å²) in [6.45, 7) is 6.94. The maximum Gasteiger partial charge on any atom is 0.303 e. The van der Waals surface area contributed by atoms with Crippen LogP contribution in [0.5, 0.6) is 0 Å². The number of nitrogens with one attached hydrogen (secondary N) is 1. The number of rotatable bonds is 7. The molecule has 1 atom stereocenters. The van der Waals surface area contributed by atoms with E-state index in [2.05, 4.69) is 37.4 Å². The molecule has 2 N–H and O–H groups in total. The van der Waals surface area contributed by atoms with E-state index in [1.54, 1.807) is 0 Å². The number of hydrogen-bond acceptors (Lipinski definition) is 2. The molecule has 0 bridgehead atoms. The molecule has 0 aliphatic carbocycles. The lowest BCUT2D eigenvalue weighted by molar-refractivity contribution is -0.137. The molecular weight excluding hydrogens is 226 g/mol. The van der Waals surface area contributed by atoms with Crippen LogP contribution in [0.1, 0.15) is 38.3 Å². The minimum Gasteiger partial charge on any atom is -0.481 e. The molecule has 100 valence electrons. The van der Waals surface area contributed by atoms with Crippen molar-refractivity contribution in [2.75, 3.05) is 11.9 Å². The van der Waals surface area contributed by atoms with Crippen LogP contribution in [0.15, 0.2) is 18.2 Å². The number of carbonyl (C=O) groups is 1. The van der Waals surface area contributed by atoms with Gasteiger partial charge in [-0.3, -0.25) is 4.79 Å². The highest BCUT2D eigenvalue weighted by molar-refractivity contribution is 5.67.